The zero-order chi connectivity index (χ0) is 11.5. The standard InChI is InChI=1S/C11H8ClNO3/c1-15-8-4-2-7(3-5-8)10-9(6-14)11(12)16-13-10/h2-6H,1H3. The molecular formula is C11H8ClNO3. The van der Waals surface area contributed by atoms with E-state index in [0.29, 0.717) is 12.0 Å². The molecular weight excluding hydrogens is 230 g/mol. The Labute approximate surface area is 96.8 Å². The molecule has 0 radical (unpaired) electrons. The molecule has 0 fully saturated rings. The van der Waals surface area contributed by atoms with Crippen molar-refractivity contribution >= 4 is 17.9 Å². The smallest absolute Gasteiger partial charge is 0.237 e. The highest BCUT2D eigenvalue weighted by Crippen LogP contribution is 2.28. The third-order valence-electron chi connectivity index (χ3n) is 2.17. The molecule has 1 heterocycles. The van der Waals surface area contributed by atoms with Gasteiger partial charge in [0, 0.05) is 5.56 Å². The highest BCUT2D eigenvalue weighted by Gasteiger charge is 2.15. The number of rotatable bonds is 3. The maximum atomic E-state index is 10.8. The van der Waals surface area contributed by atoms with Crippen LogP contribution in [0.3, 0.4) is 0 Å². The van der Waals surface area contributed by atoms with Gasteiger partial charge in [0.2, 0.25) is 5.22 Å². The Kier molecular flexibility index (Phi) is 2.92. The van der Waals surface area contributed by atoms with E-state index < -0.39 is 0 Å². The number of hydrogen-bond donors (Lipinski definition) is 0. The Balaban J connectivity index is 2.46. The number of methoxy groups -OCH3 is 1. The normalized spacial score (nSPS) is 10.1. The van der Waals surface area contributed by atoms with E-state index in [9.17, 15) is 4.79 Å². The van der Waals surface area contributed by atoms with Gasteiger partial charge in [0.15, 0.2) is 6.29 Å². The van der Waals surface area contributed by atoms with E-state index in [1.165, 1.54) is 0 Å². The Morgan fingerprint density at radius 2 is 2.06 bits per heavy atom. The first kappa shape index (κ1) is 10.7. The van der Waals surface area contributed by atoms with Gasteiger partial charge in [-0.05, 0) is 35.9 Å². The zero-order valence-electron chi connectivity index (χ0n) is 8.44. The number of halogens is 1. The molecule has 0 aliphatic carbocycles. The summed E-state index contributed by atoms with van der Waals surface area (Å²) in [6.07, 6.45) is 0.623. The molecule has 0 bridgehead atoms. The summed E-state index contributed by atoms with van der Waals surface area (Å²) >= 11 is 5.67. The number of nitrogens with zero attached hydrogens (tertiary/aromatic N) is 1. The van der Waals surface area contributed by atoms with Crippen LogP contribution in [0.15, 0.2) is 28.8 Å². The van der Waals surface area contributed by atoms with Crippen LogP contribution in [0.25, 0.3) is 11.3 Å². The number of benzene rings is 1. The predicted molar refractivity (Wildman–Crippen MR) is 58.9 cm³/mol. The summed E-state index contributed by atoms with van der Waals surface area (Å²) in [6.45, 7) is 0. The summed E-state index contributed by atoms with van der Waals surface area (Å²) in [7, 11) is 1.58. The monoisotopic (exact) mass is 237 g/mol. The van der Waals surface area contributed by atoms with Crippen molar-refractivity contribution in [1.82, 2.24) is 5.16 Å². The fraction of sp³-hybridized carbons (Fsp3) is 0.0909. The topological polar surface area (TPSA) is 52.3 Å². The molecule has 5 heteroatoms. The van der Waals surface area contributed by atoms with Crippen molar-refractivity contribution in [3.05, 3.63) is 35.0 Å². The Morgan fingerprint density at radius 3 is 2.62 bits per heavy atom. The van der Waals surface area contributed by atoms with Crippen LogP contribution < -0.4 is 4.74 Å². The van der Waals surface area contributed by atoms with Gasteiger partial charge in [-0.15, -0.1) is 0 Å². The molecule has 2 rings (SSSR count). The zero-order valence-corrected chi connectivity index (χ0v) is 9.19. The molecule has 0 atom stereocenters. The second-order valence-corrected chi connectivity index (χ2v) is 3.41. The van der Waals surface area contributed by atoms with Crippen LogP contribution >= 0.6 is 11.6 Å². The van der Waals surface area contributed by atoms with Crippen LogP contribution in [-0.2, 0) is 0 Å². The van der Waals surface area contributed by atoms with Gasteiger partial charge in [-0.1, -0.05) is 5.16 Å². The average Bonchev–Trinajstić information content (AvgIpc) is 2.70. The van der Waals surface area contributed by atoms with Gasteiger partial charge < -0.3 is 9.26 Å². The van der Waals surface area contributed by atoms with Crippen molar-refractivity contribution in [2.24, 2.45) is 0 Å². The highest BCUT2D eigenvalue weighted by atomic mass is 35.5. The molecule has 0 aliphatic heterocycles. The Bertz CT molecular complexity index is 504. The second kappa shape index (κ2) is 4.37. The van der Waals surface area contributed by atoms with Gasteiger partial charge >= 0.3 is 0 Å². The molecule has 1 aromatic heterocycles. The predicted octanol–water partition coefficient (Wildman–Crippen LogP) is 2.82. The van der Waals surface area contributed by atoms with E-state index in [-0.39, 0.29) is 10.8 Å². The van der Waals surface area contributed by atoms with Crippen LogP contribution in [0.5, 0.6) is 5.75 Å². The lowest BCUT2D eigenvalue weighted by Gasteiger charge is -2.00. The van der Waals surface area contributed by atoms with Crippen molar-refractivity contribution < 1.29 is 14.1 Å². The summed E-state index contributed by atoms with van der Waals surface area (Å²) < 4.78 is 9.78. The maximum Gasteiger partial charge on any atom is 0.237 e. The van der Waals surface area contributed by atoms with E-state index in [1.807, 2.05) is 0 Å². The third kappa shape index (κ3) is 1.79. The maximum absolute atomic E-state index is 10.8. The average molecular weight is 238 g/mol. The number of carbonyl (C=O) groups excluding carboxylic acids is 1. The number of hydrogen-bond acceptors (Lipinski definition) is 4. The van der Waals surface area contributed by atoms with E-state index in [0.717, 1.165) is 11.3 Å². The first-order valence-electron chi connectivity index (χ1n) is 4.51. The molecule has 0 amide bonds. The van der Waals surface area contributed by atoms with Crippen molar-refractivity contribution in [2.45, 2.75) is 0 Å². The van der Waals surface area contributed by atoms with E-state index in [4.69, 9.17) is 20.9 Å². The van der Waals surface area contributed by atoms with Crippen molar-refractivity contribution in [3.63, 3.8) is 0 Å². The lowest BCUT2D eigenvalue weighted by Crippen LogP contribution is -1.86. The molecule has 82 valence electrons. The summed E-state index contributed by atoms with van der Waals surface area (Å²) in [6, 6.07) is 7.10. The molecule has 0 saturated heterocycles. The SMILES string of the molecule is COc1ccc(-c2noc(Cl)c2C=O)cc1. The molecule has 0 saturated carbocycles. The van der Waals surface area contributed by atoms with E-state index in [2.05, 4.69) is 5.16 Å². The molecule has 4 nitrogen and oxygen atoms in total. The van der Waals surface area contributed by atoms with Gasteiger partial charge in [-0.2, -0.15) is 0 Å². The molecule has 2 aromatic rings. The van der Waals surface area contributed by atoms with Crippen molar-refractivity contribution in [2.75, 3.05) is 7.11 Å². The first-order valence-corrected chi connectivity index (χ1v) is 4.89. The lowest BCUT2D eigenvalue weighted by atomic mass is 10.1. The fourth-order valence-electron chi connectivity index (χ4n) is 1.34. The molecule has 16 heavy (non-hydrogen) atoms. The van der Waals surface area contributed by atoms with Gasteiger partial charge in [0.05, 0.1) is 7.11 Å². The van der Waals surface area contributed by atoms with Crippen LogP contribution in [0.4, 0.5) is 0 Å². The minimum absolute atomic E-state index is 0.000757. The molecule has 0 unspecified atom stereocenters. The lowest BCUT2D eigenvalue weighted by molar-refractivity contribution is 0.112. The first-order chi connectivity index (χ1) is 7.76. The van der Waals surface area contributed by atoms with Crippen LogP contribution in [-0.4, -0.2) is 18.6 Å². The number of carbonyl (C=O) groups is 1. The van der Waals surface area contributed by atoms with Gasteiger partial charge in [-0.25, -0.2) is 0 Å². The van der Waals surface area contributed by atoms with Crippen LogP contribution in [0, 0.1) is 0 Å². The number of ether oxygens (including phenoxy) is 1. The van der Waals surface area contributed by atoms with Gasteiger partial charge in [-0.3, -0.25) is 4.79 Å². The molecule has 0 aliphatic rings. The molecule has 1 aromatic carbocycles. The Hall–Kier alpha value is -1.81. The second-order valence-electron chi connectivity index (χ2n) is 3.06. The van der Waals surface area contributed by atoms with E-state index >= 15 is 0 Å². The van der Waals surface area contributed by atoms with Crippen molar-refractivity contribution in [3.8, 4) is 17.0 Å². The third-order valence-corrected chi connectivity index (χ3v) is 2.44. The summed E-state index contributed by atoms with van der Waals surface area (Å²) in [4.78, 5) is 10.8. The Morgan fingerprint density at radius 1 is 1.38 bits per heavy atom. The number of aldehydes is 1. The highest BCUT2D eigenvalue weighted by molar-refractivity contribution is 6.31. The quantitative estimate of drug-likeness (QED) is 0.771. The molecule has 0 N–H and O–H groups in total. The van der Waals surface area contributed by atoms with Crippen molar-refractivity contribution in [1.29, 1.82) is 0 Å². The minimum Gasteiger partial charge on any atom is -0.497 e. The largest absolute Gasteiger partial charge is 0.497 e. The summed E-state index contributed by atoms with van der Waals surface area (Å²) in [5.74, 6) is 0.728. The van der Waals surface area contributed by atoms with Crippen LogP contribution in [0.1, 0.15) is 10.4 Å². The molecule has 0 spiro atoms. The summed E-state index contributed by atoms with van der Waals surface area (Å²) in [5.41, 5.74) is 1.44. The van der Waals surface area contributed by atoms with Gasteiger partial charge in [0.1, 0.15) is 17.0 Å². The minimum atomic E-state index is 0.000757. The summed E-state index contributed by atoms with van der Waals surface area (Å²) in [5, 5.41) is 3.73. The fourth-order valence-corrected chi connectivity index (χ4v) is 1.50. The number of aromatic nitrogens is 1. The van der Waals surface area contributed by atoms with E-state index in [1.54, 1.807) is 31.4 Å². The van der Waals surface area contributed by atoms with Gasteiger partial charge in [0.25, 0.3) is 0 Å². The van der Waals surface area contributed by atoms with Crippen LogP contribution in [0.2, 0.25) is 5.22 Å².